The van der Waals surface area contributed by atoms with E-state index in [2.05, 4.69) is 10.6 Å². The molecule has 2 amide bonds. The van der Waals surface area contributed by atoms with Crippen molar-refractivity contribution in [2.45, 2.75) is 44.9 Å². The third-order valence-electron chi connectivity index (χ3n) is 3.87. The summed E-state index contributed by atoms with van der Waals surface area (Å²) in [4.78, 5) is 13.6. The zero-order valence-electron chi connectivity index (χ0n) is 14.3. The van der Waals surface area contributed by atoms with Gasteiger partial charge in [0, 0.05) is 36.8 Å². The second kappa shape index (κ2) is 7.44. The van der Waals surface area contributed by atoms with Crippen molar-refractivity contribution in [3.05, 3.63) is 35.4 Å². The van der Waals surface area contributed by atoms with Crippen molar-refractivity contribution in [3.63, 3.8) is 0 Å². The Kier molecular flexibility index (Phi) is 5.77. The highest BCUT2D eigenvalue weighted by molar-refractivity contribution is 5.74. The van der Waals surface area contributed by atoms with Gasteiger partial charge >= 0.3 is 6.03 Å². The maximum absolute atomic E-state index is 14.0. The number of nitrogens with one attached hydrogen (secondary N) is 2. The molecular formula is C17H25F2N3O2. The molecule has 0 spiro atoms. The van der Waals surface area contributed by atoms with Crippen LogP contribution < -0.4 is 10.6 Å². The smallest absolute Gasteiger partial charge is 0.315 e. The van der Waals surface area contributed by atoms with E-state index in [1.54, 1.807) is 0 Å². The summed E-state index contributed by atoms with van der Waals surface area (Å²) in [7, 11) is 0. The summed E-state index contributed by atoms with van der Waals surface area (Å²) in [5.41, 5.74) is -0.0908. The normalized spacial score (nSPS) is 21.8. The van der Waals surface area contributed by atoms with Crippen molar-refractivity contribution in [2.24, 2.45) is 0 Å². The molecule has 134 valence electrons. The van der Waals surface area contributed by atoms with Crippen LogP contribution in [0.25, 0.3) is 0 Å². The molecule has 1 aromatic rings. The Morgan fingerprint density at radius 3 is 2.75 bits per heavy atom. The second-order valence-corrected chi connectivity index (χ2v) is 7.20. The van der Waals surface area contributed by atoms with E-state index in [4.69, 9.17) is 0 Å². The van der Waals surface area contributed by atoms with Gasteiger partial charge < -0.3 is 15.7 Å². The van der Waals surface area contributed by atoms with E-state index in [9.17, 15) is 18.7 Å². The lowest BCUT2D eigenvalue weighted by molar-refractivity contribution is 0.175. The summed E-state index contributed by atoms with van der Waals surface area (Å²) in [5, 5.41) is 15.4. The van der Waals surface area contributed by atoms with Crippen LogP contribution in [0, 0.1) is 11.6 Å². The van der Waals surface area contributed by atoms with E-state index in [0.717, 1.165) is 12.1 Å². The van der Waals surface area contributed by atoms with Gasteiger partial charge in [-0.2, -0.15) is 0 Å². The van der Waals surface area contributed by atoms with Gasteiger partial charge in [0.05, 0.1) is 6.10 Å². The molecule has 2 atom stereocenters. The minimum Gasteiger partial charge on any atom is -0.392 e. The van der Waals surface area contributed by atoms with Crippen LogP contribution in [0.5, 0.6) is 0 Å². The number of hydrogen-bond donors (Lipinski definition) is 3. The minimum absolute atomic E-state index is 0.241. The molecule has 1 aromatic carbocycles. The summed E-state index contributed by atoms with van der Waals surface area (Å²) < 4.78 is 27.4. The van der Waals surface area contributed by atoms with Crippen molar-refractivity contribution in [3.8, 4) is 0 Å². The summed E-state index contributed by atoms with van der Waals surface area (Å²) in [6.07, 6.45) is -0.254. The van der Waals surface area contributed by atoms with Gasteiger partial charge in [-0.3, -0.25) is 4.90 Å². The number of hydrogen-bond acceptors (Lipinski definition) is 3. The van der Waals surface area contributed by atoms with Gasteiger partial charge in [-0.25, -0.2) is 13.6 Å². The molecule has 0 aromatic heterocycles. The maximum Gasteiger partial charge on any atom is 0.315 e. The number of benzene rings is 1. The van der Waals surface area contributed by atoms with Crippen LogP contribution in [0.1, 0.15) is 38.8 Å². The highest BCUT2D eigenvalue weighted by Crippen LogP contribution is 2.33. The molecule has 7 heteroatoms. The van der Waals surface area contributed by atoms with Gasteiger partial charge in [0.1, 0.15) is 11.6 Å². The van der Waals surface area contributed by atoms with Gasteiger partial charge in [0.15, 0.2) is 0 Å². The Bertz CT molecular complexity index is 590. The number of urea groups is 1. The molecule has 2 unspecified atom stereocenters. The number of rotatable bonds is 4. The molecule has 0 aliphatic carbocycles. The van der Waals surface area contributed by atoms with Crippen molar-refractivity contribution >= 4 is 6.03 Å². The Hall–Kier alpha value is -1.73. The van der Waals surface area contributed by atoms with E-state index in [-0.39, 0.29) is 17.1 Å². The zero-order chi connectivity index (χ0) is 17.9. The molecule has 24 heavy (non-hydrogen) atoms. The van der Waals surface area contributed by atoms with Crippen LogP contribution in [0.3, 0.4) is 0 Å². The molecule has 3 N–H and O–H groups in total. The van der Waals surface area contributed by atoms with Crippen LogP contribution in [-0.2, 0) is 0 Å². The standard InChI is InChI=1S/C17H25F2N3O2/c1-17(2,3)21-16(24)20-6-7-22-10-12(23)9-15(22)13-8-11(18)4-5-14(13)19/h4-5,8,12,15,23H,6-7,9-10H2,1-3H3,(H2,20,21,24). The zero-order valence-corrected chi connectivity index (χ0v) is 14.3. The average molecular weight is 341 g/mol. The van der Waals surface area contributed by atoms with Crippen molar-refractivity contribution < 1.29 is 18.7 Å². The van der Waals surface area contributed by atoms with Gasteiger partial charge in [-0.15, -0.1) is 0 Å². The number of halogens is 2. The van der Waals surface area contributed by atoms with Gasteiger partial charge in [-0.05, 0) is 45.4 Å². The molecule has 2 rings (SSSR count). The lowest BCUT2D eigenvalue weighted by atomic mass is 10.0. The Balaban J connectivity index is 1.96. The number of likely N-dealkylation sites (tertiary alicyclic amines) is 1. The number of aliphatic hydroxyl groups excluding tert-OH is 1. The second-order valence-electron chi connectivity index (χ2n) is 7.20. The van der Waals surface area contributed by atoms with E-state index in [1.165, 1.54) is 6.07 Å². The molecule has 1 aliphatic rings. The Morgan fingerprint density at radius 2 is 2.08 bits per heavy atom. The first-order valence-corrected chi connectivity index (χ1v) is 8.09. The number of amides is 2. The first kappa shape index (κ1) is 18.6. The fraction of sp³-hybridized carbons (Fsp3) is 0.588. The molecule has 0 radical (unpaired) electrons. The fourth-order valence-corrected chi connectivity index (χ4v) is 2.92. The molecule has 1 aliphatic heterocycles. The topological polar surface area (TPSA) is 64.6 Å². The maximum atomic E-state index is 14.0. The third-order valence-corrected chi connectivity index (χ3v) is 3.87. The number of carbonyl (C=O) groups excluding carboxylic acids is 1. The Labute approximate surface area is 141 Å². The predicted molar refractivity (Wildman–Crippen MR) is 87.6 cm³/mol. The largest absolute Gasteiger partial charge is 0.392 e. The van der Waals surface area contributed by atoms with Crippen LogP contribution in [0.15, 0.2) is 18.2 Å². The third kappa shape index (κ3) is 5.14. The summed E-state index contributed by atoms with van der Waals surface area (Å²) >= 11 is 0. The molecule has 1 saturated heterocycles. The lowest BCUT2D eigenvalue weighted by Gasteiger charge is -2.26. The molecule has 1 heterocycles. The highest BCUT2D eigenvalue weighted by atomic mass is 19.1. The monoisotopic (exact) mass is 341 g/mol. The molecule has 5 nitrogen and oxygen atoms in total. The van der Waals surface area contributed by atoms with E-state index in [1.807, 2.05) is 25.7 Å². The summed E-state index contributed by atoms with van der Waals surface area (Å²) in [6, 6.07) is 2.67. The molecule has 0 bridgehead atoms. The van der Waals surface area contributed by atoms with Gasteiger partial charge in [0.2, 0.25) is 0 Å². The van der Waals surface area contributed by atoms with Gasteiger partial charge in [0.25, 0.3) is 0 Å². The summed E-state index contributed by atoms with van der Waals surface area (Å²) in [5.74, 6) is -0.991. The SMILES string of the molecule is CC(C)(C)NC(=O)NCCN1CC(O)CC1c1cc(F)ccc1F. The van der Waals surface area contributed by atoms with Crippen LogP contribution in [0.4, 0.5) is 13.6 Å². The number of aliphatic hydroxyl groups is 1. The fourth-order valence-electron chi connectivity index (χ4n) is 2.92. The van der Waals surface area contributed by atoms with Crippen molar-refractivity contribution in [2.75, 3.05) is 19.6 Å². The van der Waals surface area contributed by atoms with Crippen LogP contribution in [0.2, 0.25) is 0 Å². The Morgan fingerprint density at radius 1 is 1.38 bits per heavy atom. The molecule has 1 fully saturated rings. The quantitative estimate of drug-likeness (QED) is 0.786. The van der Waals surface area contributed by atoms with Gasteiger partial charge in [-0.1, -0.05) is 0 Å². The molecular weight excluding hydrogens is 316 g/mol. The van der Waals surface area contributed by atoms with Crippen molar-refractivity contribution in [1.82, 2.24) is 15.5 Å². The van der Waals surface area contributed by atoms with Crippen LogP contribution >= 0.6 is 0 Å². The lowest BCUT2D eigenvalue weighted by Crippen LogP contribution is -2.48. The average Bonchev–Trinajstić information content (AvgIpc) is 2.80. The number of nitrogens with zero attached hydrogens (tertiary/aromatic N) is 1. The molecule has 0 saturated carbocycles. The number of β-amino-alcohol motifs (C(OH)–C–C–N with tert-alkyl or cyclic N) is 1. The highest BCUT2D eigenvalue weighted by Gasteiger charge is 2.33. The minimum atomic E-state index is -0.596. The summed E-state index contributed by atoms with van der Waals surface area (Å²) in [6.45, 7) is 6.80. The van der Waals surface area contributed by atoms with E-state index in [0.29, 0.717) is 26.1 Å². The first-order valence-electron chi connectivity index (χ1n) is 8.09. The first-order chi connectivity index (χ1) is 11.2. The predicted octanol–water partition coefficient (Wildman–Crippen LogP) is 2.17. The van der Waals surface area contributed by atoms with E-state index < -0.39 is 23.8 Å². The number of carbonyl (C=O) groups is 1. The van der Waals surface area contributed by atoms with Crippen molar-refractivity contribution in [1.29, 1.82) is 0 Å². The van der Waals surface area contributed by atoms with Crippen LogP contribution in [-0.4, -0.2) is 47.3 Å². The van der Waals surface area contributed by atoms with E-state index >= 15 is 0 Å².